The van der Waals surface area contributed by atoms with Gasteiger partial charge in [-0.3, -0.25) is 10.2 Å². The summed E-state index contributed by atoms with van der Waals surface area (Å²) in [6, 6.07) is 15.7. The highest BCUT2D eigenvalue weighted by Gasteiger charge is 2.39. The number of fused-ring (bicyclic) bond motifs is 3. The number of aromatic nitrogens is 1. The molecule has 1 aliphatic rings. The van der Waals surface area contributed by atoms with Gasteiger partial charge in [0, 0.05) is 11.3 Å². The largest absolute Gasteiger partial charge is 0.465 e. The lowest BCUT2D eigenvalue weighted by Gasteiger charge is -2.30. The van der Waals surface area contributed by atoms with E-state index in [2.05, 4.69) is 11.1 Å². The molecule has 0 radical (unpaired) electrons. The number of aromatic amines is 1. The average molecular weight is 373 g/mol. The van der Waals surface area contributed by atoms with Crippen molar-refractivity contribution >= 4 is 22.8 Å². The van der Waals surface area contributed by atoms with Crippen molar-refractivity contribution in [3.05, 3.63) is 75.6 Å². The topological polar surface area (TPSA) is 116 Å². The molecule has 1 aliphatic heterocycles. The molecule has 2 atom stereocenters. The second kappa shape index (κ2) is 6.67. The van der Waals surface area contributed by atoms with E-state index in [4.69, 9.17) is 14.9 Å². The van der Waals surface area contributed by atoms with E-state index in [0.29, 0.717) is 27.6 Å². The maximum absolute atomic E-state index is 12.9. The van der Waals surface area contributed by atoms with E-state index >= 15 is 0 Å². The van der Waals surface area contributed by atoms with Crippen LogP contribution in [0, 0.1) is 22.7 Å². The van der Waals surface area contributed by atoms with Gasteiger partial charge in [-0.2, -0.15) is 5.26 Å². The van der Waals surface area contributed by atoms with Crippen molar-refractivity contribution in [2.75, 3.05) is 7.11 Å². The Kier molecular flexibility index (Phi) is 4.17. The number of para-hydroxylation sites is 1. The van der Waals surface area contributed by atoms with E-state index < -0.39 is 17.8 Å². The summed E-state index contributed by atoms with van der Waals surface area (Å²) in [6.07, 6.45) is 0. The van der Waals surface area contributed by atoms with Gasteiger partial charge in [-0.25, -0.2) is 4.79 Å². The van der Waals surface area contributed by atoms with E-state index in [1.54, 1.807) is 42.5 Å². The summed E-state index contributed by atoms with van der Waals surface area (Å²) in [7, 11) is 1.29. The summed E-state index contributed by atoms with van der Waals surface area (Å²) in [4.78, 5) is 27.4. The number of nitrogens with zero attached hydrogens (tertiary/aromatic N) is 1. The SMILES string of the molecule is COC(=O)c1ccc(C2c3c(c4ccccc4[nH]c3=O)OC(=N)C2C#N)cc1. The Balaban J connectivity index is 1.95. The number of methoxy groups -OCH3 is 1. The molecule has 2 heterocycles. The van der Waals surface area contributed by atoms with Crippen LogP contribution in [0.1, 0.15) is 27.4 Å². The van der Waals surface area contributed by atoms with Crippen molar-refractivity contribution in [2.24, 2.45) is 5.92 Å². The van der Waals surface area contributed by atoms with Crippen molar-refractivity contribution in [1.29, 1.82) is 10.7 Å². The van der Waals surface area contributed by atoms with Crippen LogP contribution in [0.25, 0.3) is 10.9 Å². The molecule has 138 valence electrons. The monoisotopic (exact) mass is 373 g/mol. The molecule has 2 aromatic carbocycles. The second-order valence-electron chi connectivity index (χ2n) is 6.41. The number of carbonyl (C=O) groups excluding carboxylic acids is 1. The summed E-state index contributed by atoms with van der Waals surface area (Å²) >= 11 is 0. The molecule has 0 aliphatic carbocycles. The van der Waals surface area contributed by atoms with Crippen LogP contribution in [-0.2, 0) is 4.74 Å². The Morgan fingerprint density at radius 2 is 1.93 bits per heavy atom. The van der Waals surface area contributed by atoms with Gasteiger partial charge >= 0.3 is 5.97 Å². The Labute approximate surface area is 159 Å². The molecule has 0 saturated carbocycles. The maximum atomic E-state index is 12.9. The molecule has 3 aromatic rings. The van der Waals surface area contributed by atoms with Crippen molar-refractivity contribution in [1.82, 2.24) is 4.98 Å². The van der Waals surface area contributed by atoms with Gasteiger partial charge in [0.05, 0.1) is 29.8 Å². The van der Waals surface area contributed by atoms with Crippen LogP contribution in [0.2, 0.25) is 0 Å². The number of H-pyrrole nitrogens is 1. The van der Waals surface area contributed by atoms with Crippen LogP contribution in [0.3, 0.4) is 0 Å². The molecule has 0 amide bonds. The van der Waals surface area contributed by atoms with E-state index in [9.17, 15) is 14.9 Å². The smallest absolute Gasteiger partial charge is 0.337 e. The quantitative estimate of drug-likeness (QED) is 0.670. The standard InChI is InChI=1S/C21H15N3O4/c1-27-21(26)12-8-6-11(7-9-12)16-14(10-22)19(23)28-18-13-4-2-3-5-15(13)24-20(25)17(16)18/h2-9,14,16,23H,1H3,(H,24,25). The van der Waals surface area contributed by atoms with E-state index in [1.807, 2.05) is 6.07 Å². The molecular weight excluding hydrogens is 358 g/mol. The summed E-state index contributed by atoms with van der Waals surface area (Å²) in [5.74, 6) is -2.06. The molecule has 2 N–H and O–H groups in total. The third kappa shape index (κ3) is 2.63. The molecule has 7 heteroatoms. The lowest BCUT2D eigenvalue weighted by Crippen LogP contribution is -2.35. The number of pyridine rings is 1. The summed E-state index contributed by atoms with van der Waals surface area (Å²) in [5.41, 5.74) is 1.51. The number of benzene rings is 2. The number of nitriles is 1. The zero-order valence-corrected chi connectivity index (χ0v) is 14.9. The first-order valence-electron chi connectivity index (χ1n) is 8.54. The van der Waals surface area contributed by atoms with Crippen molar-refractivity contribution in [3.8, 4) is 11.8 Å². The van der Waals surface area contributed by atoms with Crippen molar-refractivity contribution in [2.45, 2.75) is 5.92 Å². The first-order chi connectivity index (χ1) is 13.5. The van der Waals surface area contributed by atoms with Gasteiger partial charge in [0.1, 0.15) is 11.7 Å². The van der Waals surface area contributed by atoms with Gasteiger partial charge in [0.2, 0.25) is 5.90 Å². The summed E-state index contributed by atoms with van der Waals surface area (Å²) < 4.78 is 10.3. The van der Waals surface area contributed by atoms with E-state index in [1.165, 1.54) is 7.11 Å². The number of hydrogen-bond acceptors (Lipinski definition) is 6. The van der Waals surface area contributed by atoms with Gasteiger partial charge in [-0.15, -0.1) is 0 Å². The first-order valence-corrected chi connectivity index (χ1v) is 8.54. The Hall–Kier alpha value is -3.92. The van der Waals surface area contributed by atoms with Crippen LogP contribution in [0.5, 0.6) is 5.75 Å². The Morgan fingerprint density at radius 3 is 2.61 bits per heavy atom. The maximum Gasteiger partial charge on any atom is 0.337 e. The van der Waals surface area contributed by atoms with Crippen LogP contribution >= 0.6 is 0 Å². The molecule has 7 nitrogen and oxygen atoms in total. The third-order valence-electron chi connectivity index (χ3n) is 4.88. The van der Waals surface area contributed by atoms with Crippen molar-refractivity contribution < 1.29 is 14.3 Å². The molecule has 0 saturated heterocycles. The molecule has 1 aromatic heterocycles. The van der Waals surface area contributed by atoms with Crippen LogP contribution < -0.4 is 10.3 Å². The fourth-order valence-electron chi connectivity index (χ4n) is 3.55. The van der Waals surface area contributed by atoms with Crippen LogP contribution in [-0.4, -0.2) is 24.0 Å². The predicted molar refractivity (Wildman–Crippen MR) is 102 cm³/mol. The second-order valence-corrected chi connectivity index (χ2v) is 6.41. The number of rotatable bonds is 2. The molecule has 0 spiro atoms. The van der Waals surface area contributed by atoms with Crippen molar-refractivity contribution in [3.63, 3.8) is 0 Å². The lowest BCUT2D eigenvalue weighted by molar-refractivity contribution is 0.0600. The Morgan fingerprint density at radius 1 is 1.21 bits per heavy atom. The number of nitrogens with one attached hydrogen (secondary N) is 2. The molecule has 0 fully saturated rings. The zero-order valence-electron chi connectivity index (χ0n) is 14.9. The lowest BCUT2D eigenvalue weighted by atomic mass is 9.79. The van der Waals surface area contributed by atoms with Gasteiger partial charge < -0.3 is 14.5 Å². The zero-order chi connectivity index (χ0) is 19.8. The van der Waals surface area contributed by atoms with Gasteiger partial charge in [-0.05, 0) is 29.8 Å². The average Bonchev–Trinajstić information content (AvgIpc) is 2.72. The van der Waals surface area contributed by atoms with E-state index in [-0.39, 0.29) is 17.2 Å². The normalized spacial score (nSPS) is 18.1. The fraction of sp³-hybridized carbons (Fsp3) is 0.143. The third-order valence-corrected chi connectivity index (χ3v) is 4.88. The van der Waals surface area contributed by atoms with Gasteiger partial charge in [0.25, 0.3) is 5.56 Å². The summed E-state index contributed by atoms with van der Waals surface area (Å²) in [5, 5.41) is 18.5. The molecule has 2 unspecified atom stereocenters. The van der Waals surface area contributed by atoms with Crippen LogP contribution in [0.4, 0.5) is 0 Å². The fourth-order valence-corrected chi connectivity index (χ4v) is 3.55. The summed E-state index contributed by atoms with van der Waals surface area (Å²) in [6.45, 7) is 0. The number of carbonyl (C=O) groups is 1. The minimum atomic E-state index is -0.960. The highest BCUT2D eigenvalue weighted by molar-refractivity contribution is 5.94. The highest BCUT2D eigenvalue weighted by Crippen LogP contribution is 2.42. The molecule has 28 heavy (non-hydrogen) atoms. The number of esters is 1. The molecule has 0 bridgehead atoms. The minimum absolute atomic E-state index is 0.215. The molecular formula is C21H15N3O4. The highest BCUT2D eigenvalue weighted by atomic mass is 16.5. The van der Waals surface area contributed by atoms with E-state index in [0.717, 1.165) is 0 Å². The van der Waals surface area contributed by atoms with Gasteiger partial charge in [-0.1, -0.05) is 24.3 Å². The molecule has 4 rings (SSSR count). The number of hydrogen-bond donors (Lipinski definition) is 2. The minimum Gasteiger partial charge on any atom is -0.465 e. The van der Waals surface area contributed by atoms with Gasteiger partial charge in [0.15, 0.2) is 0 Å². The Bertz CT molecular complexity index is 1210. The predicted octanol–water partition coefficient (Wildman–Crippen LogP) is 2.96. The van der Waals surface area contributed by atoms with Crippen LogP contribution in [0.15, 0.2) is 53.3 Å². The number of ether oxygens (including phenoxy) is 2. The first kappa shape index (κ1) is 17.5.